The molecule has 1 aliphatic carbocycles. The van der Waals surface area contributed by atoms with E-state index in [0.29, 0.717) is 17.0 Å². The van der Waals surface area contributed by atoms with E-state index in [4.69, 9.17) is 16.3 Å². The van der Waals surface area contributed by atoms with Crippen LogP contribution in [-0.2, 0) is 35.8 Å². The number of nitrogens with zero attached hydrogens (tertiary/aromatic N) is 1. The molecule has 4 N–H and O–H groups in total. The third-order valence-corrected chi connectivity index (χ3v) is 8.64. The summed E-state index contributed by atoms with van der Waals surface area (Å²) in [5.74, 6) is -2.28. The van der Waals surface area contributed by atoms with E-state index in [1.54, 1.807) is 24.3 Å². The van der Waals surface area contributed by atoms with Crippen LogP contribution < -0.4 is 15.4 Å². The average Bonchev–Trinajstić information content (AvgIpc) is 2.93. The SMILES string of the molecule is CCS(=O)(=O)NCCN(C)C(=O)CC[C@H](NC(=O)[C@H](CC1CCCCC1)NC(=O)OCc1cccc(Cl)c1)C(=O)O. The molecule has 2 rings (SSSR count). The molecule has 1 aromatic carbocycles. The number of benzene rings is 1. The first-order valence-electron chi connectivity index (χ1n) is 13.8. The van der Waals surface area contributed by atoms with Gasteiger partial charge in [-0.25, -0.2) is 22.7 Å². The fraction of sp³-hybridized carbons (Fsp3) is 0.630. The van der Waals surface area contributed by atoms with Crippen LogP contribution in [0.1, 0.15) is 63.9 Å². The van der Waals surface area contributed by atoms with Gasteiger partial charge in [-0.05, 0) is 43.4 Å². The molecule has 0 aliphatic heterocycles. The summed E-state index contributed by atoms with van der Waals surface area (Å²) in [4.78, 5) is 51.5. The fourth-order valence-corrected chi connectivity index (χ4v) is 5.35. The van der Waals surface area contributed by atoms with Gasteiger partial charge in [-0.2, -0.15) is 0 Å². The van der Waals surface area contributed by atoms with E-state index in [9.17, 15) is 32.7 Å². The van der Waals surface area contributed by atoms with Crippen molar-refractivity contribution in [2.45, 2.75) is 77.0 Å². The number of aliphatic carboxylic acids is 1. The van der Waals surface area contributed by atoms with E-state index in [2.05, 4.69) is 15.4 Å². The zero-order chi connectivity index (χ0) is 30.4. The highest BCUT2D eigenvalue weighted by molar-refractivity contribution is 7.89. The summed E-state index contributed by atoms with van der Waals surface area (Å²) in [6.07, 6.45) is 4.11. The molecule has 0 unspecified atom stereocenters. The zero-order valence-corrected chi connectivity index (χ0v) is 25.1. The minimum Gasteiger partial charge on any atom is -0.480 e. The summed E-state index contributed by atoms with van der Waals surface area (Å²) in [6, 6.07) is 4.43. The van der Waals surface area contributed by atoms with Gasteiger partial charge in [0.05, 0.1) is 5.75 Å². The number of alkyl carbamates (subject to hydrolysis) is 1. The number of carbonyl (C=O) groups excluding carboxylic acids is 3. The Morgan fingerprint density at radius 2 is 1.83 bits per heavy atom. The third kappa shape index (κ3) is 13.1. The summed E-state index contributed by atoms with van der Waals surface area (Å²) < 4.78 is 30.7. The van der Waals surface area contributed by atoms with Crippen LogP contribution in [0.5, 0.6) is 0 Å². The van der Waals surface area contributed by atoms with Gasteiger partial charge in [-0.3, -0.25) is 9.59 Å². The molecular weight excluding hydrogens is 576 g/mol. The molecule has 14 heteroatoms. The first-order valence-corrected chi connectivity index (χ1v) is 15.9. The summed E-state index contributed by atoms with van der Waals surface area (Å²) >= 11 is 5.97. The molecule has 12 nitrogen and oxygen atoms in total. The number of ether oxygens (including phenoxy) is 1. The van der Waals surface area contributed by atoms with Crippen molar-refractivity contribution in [3.8, 4) is 0 Å². The lowest BCUT2D eigenvalue weighted by Gasteiger charge is -2.27. The minimum absolute atomic E-state index is 0.0272. The van der Waals surface area contributed by atoms with Crippen molar-refractivity contribution in [3.63, 3.8) is 0 Å². The van der Waals surface area contributed by atoms with Gasteiger partial charge in [0.1, 0.15) is 18.7 Å². The average molecular weight is 617 g/mol. The molecule has 0 aromatic heterocycles. The quantitative estimate of drug-likeness (QED) is 0.219. The molecule has 1 fully saturated rings. The summed E-state index contributed by atoms with van der Waals surface area (Å²) in [7, 11) is -1.91. The number of hydrogen-bond acceptors (Lipinski definition) is 7. The molecule has 0 radical (unpaired) electrons. The maximum Gasteiger partial charge on any atom is 0.408 e. The number of nitrogens with one attached hydrogen (secondary N) is 3. The Hall–Kier alpha value is -2.90. The van der Waals surface area contributed by atoms with Crippen LogP contribution in [0.25, 0.3) is 0 Å². The molecule has 0 bridgehead atoms. The lowest BCUT2D eigenvalue weighted by Crippen LogP contribution is -2.52. The van der Waals surface area contributed by atoms with Crippen LogP contribution in [0.2, 0.25) is 5.02 Å². The number of carbonyl (C=O) groups is 4. The molecule has 1 aromatic rings. The highest BCUT2D eigenvalue weighted by atomic mass is 35.5. The molecule has 0 heterocycles. The maximum atomic E-state index is 13.2. The number of carboxylic acid groups (broad SMARTS) is 1. The van der Waals surface area contributed by atoms with Gasteiger partial charge in [0.2, 0.25) is 21.8 Å². The van der Waals surface area contributed by atoms with Crippen molar-refractivity contribution in [1.82, 2.24) is 20.3 Å². The van der Waals surface area contributed by atoms with Crippen molar-refractivity contribution in [2.24, 2.45) is 5.92 Å². The molecule has 0 spiro atoms. The van der Waals surface area contributed by atoms with Gasteiger partial charge in [-0.15, -0.1) is 0 Å². The molecule has 0 saturated heterocycles. The van der Waals surface area contributed by atoms with Crippen molar-refractivity contribution in [1.29, 1.82) is 0 Å². The second-order valence-electron chi connectivity index (χ2n) is 10.2. The second kappa shape index (κ2) is 17.1. The van der Waals surface area contributed by atoms with Crippen LogP contribution in [0.3, 0.4) is 0 Å². The van der Waals surface area contributed by atoms with Gasteiger partial charge < -0.3 is 25.4 Å². The van der Waals surface area contributed by atoms with Crippen LogP contribution >= 0.6 is 11.6 Å². The number of sulfonamides is 1. The van der Waals surface area contributed by atoms with E-state index >= 15 is 0 Å². The van der Waals surface area contributed by atoms with Crippen molar-refractivity contribution < 1.29 is 37.4 Å². The highest BCUT2D eigenvalue weighted by Crippen LogP contribution is 2.27. The Kier molecular flexibility index (Phi) is 14.3. The smallest absolute Gasteiger partial charge is 0.408 e. The fourth-order valence-electron chi connectivity index (χ4n) is 4.53. The lowest BCUT2D eigenvalue weighted by atomic mass is 9.84. The van der Waals surface area contributed by atoms with Gasteiger partial charge in [0.25, 0.3) is 0 Å². The largest absolute Gasteiger partial charge is 0.480 e. The normalized spacial score (nSPS) is 15.4. The second-order valence-corrected chi connectivity index (χ2v) is 12.7. The van der Waals surface area contributed by atoms with Gasteiger partial charge in [0.15, 0.2) is 0 Å². The minimum atomic E-state index is -3.40. The van der Waals surface area contributed by atoms with E-state index in [1.165, 1.54) is 18.9 Å². The van der Waals surface area contributed by atoms with Gasteiger partial charge in [0, 0.05) is 31.6 Å². The van der Waals surface area contributed by atoms with E-state index in [1.807, 2.05) is 0 Å². The van der Waals surface area contributed by atoms with Crippen molar-refractivity contribution in [2.75, 3.05) is 25.9 Å². The van der Waals surface area contributed by atoms with E-state index in [0.717, 1.165) is 32.1 Å². The predicted molar refractivity (Wildman–Crippen MR) is 154 cm³/mol. The number of rotatable bonds is 16. The predicted octanol–water partition coefficient (Wildman–Crippen LogP) is 2.65. The van der Waals surface area contributed by atoms with E-state index in [-0.39, 0.29) is 44.2 Å². The monoisotopic (exact) mass is 616 g/mol. The van der Waals surface area contributed by atoms with Gasteiger partial charge in [-0.1, -0.05) is 55.8 Å². The molecule has 1 saturated carbocycles. The Morgan fingerprint density at radius 3 is 2.46 bits per heavy atom. The topological polar surface area (TPSA) is 171 Å². The number of likely N-dealkylation sites (N-methyl/N-ethyl adjacent to an activating group) is 1. The summed E-state index contributed by atoms with van der Waals surface area (Å²) in [5.41, 5.74) is 0.671. The summed E-state index contributed by atoms with van der Waals surface area (Å²) in [6.45, 7) is 1.57. The Balaban J connectivity index is 1.96. The molecular formula is C27H41ClN4O8S. The number of hydrogen-bond donors (Lipinski definition) is 4. The lowest BCUT2D eigenvalue weighted by molar-refractivity contribution is -0.142. The zero-order valence-electron chi connectivity index (χ0n) is 23.6. The third-order valence-electron chi connectivity index (χ3n) is 7.00. The molecule has 41 heavy (non-hydrogen) atoms. The van der Waals surface area contributed by atoms with Crippen LogP contribution in [0.15, 0.2) is 24.3 Å². The Labute approximate surface area is 246 Å². The molecule has 3 amide bonds. The number of carboxylic acids is 1. The van der Waals surface area contributed by atoms with Crippen molar-refractivity contribution >= 4 is 45.5 Å². The molecule has 1 aliphatic rings. The van der Waals surface area contributed by atoms with E-state index < -0.39 is 46.0 Å². The first kappa shape index (κ1) is 34.3. The van der Waals surface area contributed by atoms with Crippen LogP contribution in [0.4, 0.5) is 4.79 Å². The van der Waals surface area contributed by atoms with Crippen molar-refractivity contribution in [3.05, 3.63) is 34.9 Å². The van der Waals surface area contributed by atoms with Crippen LogP contribution in [0, 0.1) is 5.92 Å². The molecule has 230 valence electrons. The standard InChI is InChI=1S/C27H41ClN4O8S/c1-3-41(38,39)29-14-15-32(2)24(33)13-12-22(26(35)36)30-25(34)23(17-19-8-5-4-6-9-19)31-27(37)40-18-20-10-7-11-21(28)16-20/h7,10-11,16,19,22-23,29H,3-6,8-9,12-15,17-18H2,1-2H3,(H,30,34)(H,31,37)(H,35,36)/t22-,23-/m0/s1. The highest BCUT2D eigenvalue weighted by Gasteiger charge is 2.30. The maximum absolute atomic E-state index is 13.2. The summed E-state index contributed by atoms with van der Waals surface area (Å²) in [5, 5.41) is 15.3. The van der Waals surface area contributed by atoms with Gasteiger partial charge >= 0.3 is 12.1 Å². The number of halogens is 1. The number of amides is 3. The Bertz CT molecular complexity index is 1140. The first-order chi connectivity index (χ1) is 19.4. The molecule has 2 atom stereocenters. The Morgan fingerprint density at radius 1 is 1.12 bits per heavy atom. The van der Waals surface area contributed by atoms with Crippen LogP contribution in [-0.4, -0.2) is 80.3 Å².